The summed E-state index contributed by atoms with van der Waals surface area (Å²) < 4.78 is 12.8. The Morgan fingerprint density at radius 1 is 1.04 bits per heavy atom. The molecule has 0 spiro atoms. The van der Waals surface area contributed by atoms with E-state index in [-0.39, 0.29) is 29.5 Å². The van der Waals surface area contributed by atoms with E-state index < -0.39 is 0 Å². The van der Waals surface area contributed by atoms with Gasteiger partial charge in [0.25, 0.3) is 0 Å². The highest BCUT2D eigenvalue weighted by molar-refractivity contribution is 5.99. The fraction of sp³-hybridized carbons (Fsp3) is 0.263. The second-order valence-corrected chi connectivity index (χ2v) is 6.10. The van der Waals surface area contributed by atoms with Gasteiger partial charge in [-0.3, -0.25) is 9.59 Å². The first-order valence-corrected chi connectivity index (χ1v) is 7.93. The van der Waals surface area contributed by atoms with Crippen molar-refractivity contribution < 1.29 is 14.0 Å². The second kappa shape index (κ2) is 6.83. The number of aryl methyl sites for hydroxylation is 1. The smallest absolute Gasteiger partial charge is 0.228 e. The van der Waals surface area contributed by atoms with Crippen molar-refractivity contribution in [1.29, 1.82) is 0 Å². The monoisotopic (exact) mass is 326 g/mol. The van der Waals surface area contributed by atoms with E-state index in [4.69, 9.17) is 0 Å². The molecule has 0 bridgehead atoms. The average Bonchev–Trinajstić information content (AvgIpc) is 3.37. The molecule has 0 saturated heterocycles. The normalized spacial score (nSPS) is 18.8. The van der Waals surface area contributed by atoms with Gasteiger partial charge < -0.3 is 10.6 Å². The molecular weight excluding hydrogens is 307 g/mol. The Morgan fingerprint density at radius 3 is 2.42 bits per heavy atom. The highest BCUT2D eigenvalue weighted by Gasteiger charge is 2.47. The summed E-state index contributed by atoms with van der Waals surface area (Å²) in [6, 6.07) is 13.5. The SMILES string of the molecule is Cc1ccccc1NC(=O)C1CC1C(=O)NCc1ccc(F)cc1. The Kier molecular flexibility index (Phi) is 4.60. The lowest BCUT2D eigenvalue weighted by Gasteiger charge is -2.08. The van der Waals surface area contributed by atoms with Crippen LogP contribution in [-0.4, -0.2) is 11.8 Å². The van der Waals surface area contributed by atoms with Crippen molar-refractivity contribution in [2.75, 3.05) is 5.32 Å². The lowest BCUT2D eigenvalue weighted by Crippen LogP contribution is -2.27. The van der Waals surface area contributed by atoms with Crippen molar-refractivity contribution in [3.8, 4) is 0 Å². The molecule has 1 saturated carbocycles. The number of nitrogens with one attached hydrogen (secondary N) is 2. The van der Waals surface area contributed by atoms with Crippen molar-refractivity contribution in [3.05, 3.63) is 65.5 Å². The molecule has 2 aromatic rings. The van der Waals surface area contributed by atoms with Crippen LogP contribution in [0.4, 0.5) is 10.1 Å². The zero-order valence-corrected chi connectivity index (χ0v) is 13.4. The number of amides is 2. The summed E-state index contributed by atoms with van der Waals surface area (Å²) in [4.78, 5) is 24.3. The molecule has 2 amide bonds. The van der Waals surface area contributed by atoms with Crippen LogP contribution >= 0.6 is 0 Å². The van der Waals surface area contributed by atoms with Crippen LogP contribution < -0.4 is 10.6 Å². The van der Waals surface area contributed by atoms with Crippen LogP contribution in [-0.2, 0) is 16.1 Å². The quantitative estimate of drug-likeness (QED) is 0.887. The Hall–Kier alpha value is -2.69. The number of hydrogen-bond acceptors (Lipinski definition) is 2. The first-order chi connectivity index (χ1) is 11.5. The zero-order chi connectivity index (χ0) is 17.1. The van der Waals surface area contributed by atoms with E-state index in [1.165, 1.54) is 12.1 Å². The third kappa shape index (κ3) is 3.79. The van der Waals surface area contributed by atoms with Crippen molar-refractivity contribution in [2.45, 2.75) is 19.9 Å². The molecule has 0 radical (unpaired) electrons. The summed E-state index contributed by atoms with van der Waals surface area (Å²) in [7, 11) is 0. The number of halogens is 1. The van der Waals surface area contributed by atoms with Crippen LogP contribution in [0.3, 0.4) is 0 Å². The molecule has 1 aliphatic carbocycles. The van der Waals surface area contributed by atoms with Crippen LogP contribution in [0.5, 0.6) is 0 Å². The molecule has 2 aromatic carbocycles. The zero-order valence-electron chi connectivity index (χ0n) is 13.4. The molecule has 5 heteroatoms. The van der Waals surface area contributed by atoms with Crippen LogP contribution in [0, 0.1) is 24.6 Å². The van der Waals surface area contributed by atoms with E-state index in [0.29, 0.717) is 13.0 Å². The number of benzene rings is 2. The molecule has 1 fully saturated rings. The Labute approximate surface area is 140 Å². The summed E-state index contributed by atoms with van der Waals surface area (Å²) >= 11 is 0. The Balaban J connectivity index is 1.49. The maximum atomic E-state index is 12.8. The lowest BCUT2D eigenvalue weighted by atomic mass is 10.2. The molecule has 0 aliphatic heterocycles. The number of carbonyl (C=O) groups is 2. The minimum Gasteiger partial charge on any atom is -0.352 e. The van der Waals surface area contributed by atoms with Crippen LogP contribution in [0.1, 0.15) is 17.5 Å². The highest BCUT2D eigenvalue weighted by atomic mass is 19.1. The van der Waals surface area contributed by atoms with Crippen LogP contribution in [0.25, 0.3) is 0 Å². The molecule has 24 heavy (non-hydrogen) atoms. The topological polar surface area (TPSA) is 58.2 Å². The van der Waals surface area contributed by atoms with Gasteiger partial charge >= 0.3 is 0 Å². The fourth-order valence-corrected chi connectivity index (χ4v) is 2.64. The van der Waals surface area contributed by atoms with Gasteiger partial charge in [0, 0.05) is 12.2 Å². The van der Waals surface area contributed by atoms with E-state index >= 15 is 0 Å². The predicted octanol–water partition coefficient (Wildman–Crippen LogP) is 3.03. The van der Waals surface area contributed by atoms with E-state index in [0.717, 1.165) is 16.8 Å². The van der Waals surface area contributed by atoms with Gasteiger partial charge in [0.15, 0.2) is 0 Å². The molecule has 0 heterocycles. The van der Waals surface area contributed by atoms with Gasteiger partial charge in [0.05, 0.1) is 11.8 Å². The molecule has 4 nitrogen and oxygen atoms in total. The minimum atomic E-state index is -0.305. The van der Waals surface area contributed by atoms with E-state index in [2.05, 4.69) is 10.6 Å². The highest BCUT2D eigenvalue weighted by Crippen LogP contribution is 2.39. The molecular formula is C19H19FN2O2. The van der Waals surface area contributed by atoms with Crippen molar-refractivity contribution >= 4 is 17.5 Å². The summed E-state index contributed by atoms with van der Waals surface area (Å²) in [5.41, 5.74) is 2.59. The number of rotatable bonds is 5. The standard InChI is InChI=1S/C19H19FN2O2/c1-12-4-2-3-5-17(12)22-19(24)16-10-15(16)18(23)21-11-13-6-8-14(20)9-7-13/h2-9,15-16H,10-11H2,1H3,(H,21,23)(H,22,24). The van der Waals surface area contributed by atoms with Gasteiger partial charge in [0.1, 0.15) is 5.82 Å². The number of para-hydroxylation sites is 1. The number of anilines is 1. The van der Waals surface area contributed by atoms with Gasteiger partial charge in [-0.1, -0.05) is 30.3 Å². The first-order valence-electron chi connectivity index (χ1n) is 7.93. The van der Waals surface area contributed by atoms with Gasteiger partial charge in [-0.05, 0) is 42.7 Å². The number of carbonyl (C=O) groups excluding carboxylic acids is 2. The molecule has 2 unspecified atom stereocenters. The van der Waals surface area contributed by atoms with Gasteiger partial charge in [-0.15, -0.1) is 0 Å². The van der Waals surface area contributed by atoms with E-state index in [1.807, 2.05) is 31.2 Å². The van der Waals surface area contributed by atoms with Crippen molar-refractivity contribution in [3.63, 3.8) is 0 Å². The van der Waals surface area contributed by atoms with Gasteiger partial charge in [0.2, 0.25) is 11.8 Å². The Bertz CT molecular complexity index is 758. The maximum absolute atomic E-state index is 12.8. The lowest BCUT2D eigenvalue weighted by molar-refractivity contribution is -0.125. The van der Waals surface area contributed by atoms with Crippen LogP contribution in [0.2, 0.25) is 0 Å². The molecule has 2 N–H and O–H groups in total. The summed E-state index contributed by atoms with van der Waals surface area (Å²) in [5.74, 6) is -1.12. The van der Waals surface area contributed by atoms with Crippen molar-refractivity contribution in [2.24, 2.45) is 11.8 Å². The predicted molar refractivity (Wildman–Crippen MR) is 89.7 cm³/mol. The molecule has 124 valence electrons. The molecule has 0 aromatic heterocycles. The van der Waals surface area contributed by atoms with Crippen LogP contribution in [0.15, 0.2) is 48.5 Å². The number of hydrogen-bond donors (Lipinski definition) is 2. The summed E-state index contributed by atoms with van der Waals surface area (Å²) in [6.45, 7) is 2.26. The molecule has 1 aliphatic rings. The third-order valence-corrected chi connectivity index (χ3v) is 4.25. The fourth-order valence-electron chi connectivity index (χ4n) is 2.64. The van der Waals surface area contributed by atoms with Crippen molar-refractivity contribution in [1.82, 2.24) is 5.32 Å². The van der Waals surface area contributed by atoms with Gasteiger partial charge in [-0.25, -0.2) is 4.39 Å². The third-order valence-electron chi connectivity index (χ3n) is 4.25. The minimum absolute atomic E-state index is 0.119. The Morgan fingerprint density at radius 2 is 1.71 bits per heavy atom. The summed E-state index contributed by atoms with van der Waals surface area (Å²) in [5, 5.41) is 5.68. The summed E-state index contributed by atoms with van der Waals surface area (Å²) in [6.07, 6.45) is 0.562. The maximum Gasteiger partial charge on any atom is 0.228 e. The molecule has 3 rings (SSSR count). The largest absolute Gasteiger partial charge is 0.352 e. The van der Waals surface area contributed by atoms with E-state index in [9.17, 15) is 14.0 Å². The first kappa shape index (κ1) is 16.2. The second-order valence-electron chi connectivity index (χ2n) is 6.10. The average molecular weight is 326 g/mol. The molecule has 2 atom stereocenters. The van der Waals surface area contributed by atoms with E-state index in [1.54, 1.807) is 12.1 Å². The van der Waals surface area contributed by atoms with Gasteiger partial charge in [-0.2, -0.15) is 0 Å².